The van der Waals surface area contributed by atoms with Crippen LogP contribution in [0.5, 0.6) is 0 Å². The zero-order valence-corrected chi connectivity index (χ0v) is 11.1. The molecule has 12 heavy (non-hydrogen) atoms. The predicted molar refractivity (Wildman–Crippen MR) is 62.3 cm³/mol. The Morgan fingerprint density at radius 1 is 1.25 bits per heavy atom. The molecule has 2 atom stereocenters. The molecule has 0 aromatic rings. The highest BCUT2D eigenvalue weighted by Crippen LogP contribution is 2.67. The fourth-order valence-electron chi connectivity index (χ4n) is 1.25. The zero-order valence-electron chi connectivity index (χ0n) is 8.39. The normalized spacial score (nSPS) is 36.2. The van der Waals surface area contributed by atoms with Crippen LogP contribution in [-0.2, 0) is 0 Å². The highest BCUT2D eigenvalue weighted by atomic mass is 31.2. The summed E-state index contributed by atoms with van der Waals surface area (Å²) in [6.45, 7) is 10.9. The fraction of sp³-hybridized carbons (Fsp3) is 1.00. The van der Waals surface area contributed by atoms with Crippen LogP contribution in [0.15, 0.2) is 13.5 Å². The van der Waals surface area contributed by atoms with Gasteiger partial charge in [-0.2, -0.15) is 0 Å². The Kier molecular flexibility index (Phi) is 2.99. The van der Waals surface area contributed by atoms with E-state index in [1.54, 1.807) is 0 Å². The van der Waals surface area contributed by atoms with Gasteiger partial charge in [0, 0.05) is 6.16 Å². The van der Waals surface area contributed by atoms with Crippen LogP contribution < -0.4 is 0 Å². The number of hydrogen-bond acceptors (Lipinski definition) is 3. The first-order valence-electron chi connectivity index (χ1n) is 4.01. The zero-order chi connectivity index (χ0) is 9.41. The summed E-state index contributed by atoms with van der Waals surface area (Å²) in [6, 6.07) is 0. The van der Waals surface area contributed by atoms with E-state index >= 15 is 0 Å². The van der Waals surface area contributed by atoms with Gasteiger partial charge in [-0.1, -0.05) is 6.92 Å². The second-order valence-electron chi connectivity index (χ2n) is 3.50. The maximum Gasteiger partial charge on any atom is 0.348 e. The molecule has 0 amide bonds. The summed E-state index contributed by atoms with van der Waals surface area (Å²) in [6.07, 6.45) is 1.11. The molecule has 1 aliphatic rings. The van der Waals surface area contributed by atoms with Crippen molar-refractivity contribution in [2.75, 3.05) is 32.8 Å². The molecule has 70 valence electrons. The largest absolute Gasteiger partial charge is 0.348 e. The average Bonchev–Trinajstić information content (AvgIpc) is 1.82. The molecule has 1 heterocycles. The van der Waals surface area contributed by atoms with E-state index in [1.807, 2.05) is 0 Å². The molecule has 2 unspecified atom stereocenters. The summed E-state index contributed by atoms with van der Waals surface area (Å²) in [5, 5.41) is 0. The van der Waals surface area contributed by atoms with Crippen molar-refractivity contribution in [3.8, 4) is 0 Å². The van der Waals surface area contributed by atoms with E-state index < -0.39 is 22.3 Å². The molecule has 0 aromatic carbocycles. The van der Waals surface area contributed by atoms with Crippen molar-refractivity contribution in [2.45, 2.75) is 6.92 Å². The Bertz CT molecular complexity index is 323. The Labute approximate surface area is 76.1 Å². The van der Waals surface area contributed by atoms with Crippen molar-refractivity contribution < 1.29 is 0 Å². The molecule has 1 aliphatic heterocycles. The molecule has 0 radical (unpaired) electrons. The second kappa shape index (κ2) is 3.37. The van der Waals surface area contributed by atoms with Crippen LogP contribution in [0.1, 0.15) is 6.92 Å². The summed E-state index contributed by atoms with van der Waals surface area (Å²) < 4.78 is 14.1. The first-order chi connectivity index (χ1) is 5.37. The summed E-state index contributed by atoms with van der Waals surface area (Å²) >= 11 is 0. The van der Waals surface area contributed by atoms with Crippen molar-refractivity contribution >= 4 is 22.3 Å². The van der Waals surface area contributed by atoms with E-state index in [4.69, 9.17) is 9.03 Å². The number of nitrogens with zero attached hydrogens (tertiary/aromatic N) is 3. The number of rotatable bonds is 1. The van der Waals surface area contributed by atoms with E-state index in [2.05, 4.69) is 38.1 Å². The molecule has 3 nitrogen and oxygen atoms in total. The molecule has 0 N–H and O–H groups in total. The Morgan fingerprint density at radius 3 is 2.25 bits per heavy atom. The predicted octanol–water partition coefficient (Wildman–Crippen LogP) is 4.35. The molecule has 0 spiro atoms. The molecule has 0 bridgehead atoms. The first-order valence-corrected chi connectivity index (χ1v) is 10.6. The van der Waals surface area contributed by atoms with Crippen LogP contribution in [0, 0.1) is 0 Å². The summed E-state index contributed by atoms with van der Waals surface area (Å²) in [5.74, 6) is 0. The lowest BCUT2D eigenvalue weighted by Gasteiger charge is -2.15. The molecule has 0 fully saturated rings. The van der Waals surface area contributed by atoms with Gasteiger partial charge >= 0.3 is 7.86 Å². The highest BCUT2D eigenvalue weighted by Gasteiger charge is 2.25. The van der Waals surface area contributed by atoms with Gasteiger partial charge in [0.25, 0.3) is 0 Å². The van der Waals surface area contributed by atoms with E-state index in [9.17, 15) is 0 Å². The molecule has 0 aromatic heterocycles. The highest BCUT2D eigenvalue weighted by molar-refractivity contribution is 7.82. The van der Waals surface area contributed by atoms with Gasteiger partial charge in [0.1, 0.15) is 21.1 Å². The third-order valence-corrected chi connectivity index (χ3v) is 11.5. The van der Waals surface area contributed by atoms with Gasteiger partial charge in [0.2, 0.25) is 0 Å². The Morgan fingerprint density at radius 2 is 1.83 bits per heavy atom. The van der Waals surface area contributed by atoms with Crippen molar-refractivity contribution in [3.05, 3.63) is 0 Å². The molecular formula is C6H17N3P3+. The van der Waals surface area contributed by atoms with E-state index in [1.165, 1.54) is 0 Å². The molecule has 0 saturated heterocycles. The van der Waals surface area contributed by atoms with Crippen molar-refractivity contribution in [1.29, 1.82) is 0 Å². The van der Waals surface area contributed by atoms with Crippen LogP contribution in [0.4, 0.5) is 0 Å². The van der Waals surface area contributed by atoms with E-state index in [0.29, 0.717) is 0 Å². The van der Waals surface area contributed by atoms with Crippen LogP contribution >= 0.6 is 22.3 Å². The topological polar surface area (TPSA) is 37.1 Å². The molecule has 1 rings (SSSR count). The van der Waals surface area contributed by atoms with E-state index in [-0.39, 0.29) is 0 Å². The SMILES string of the molecule is CCP1(C)=N[P+](C)=NP(C)(C)=N1. The van der Waals surface area contributed by atoms with Crippen molar-refractivity contribution in [1.82, 2.24) is 0 Å². The van der Waals surface area contributed by atoms with Crippen LogP contribution in [-0.4, -0.2) is 32.8 Å². The van der Waals surface area contributed by atoms with Gasteiger partial charge in [-0.05, 0) is 29.0 Å². The molecule has 6 heteroatoms. The lowest BCUT2D eigenvalue weighted by molar-refractivity contribution is 1.44. The fourth-order valence-corrected chi connectivity index (χ4v) is 12.2. The quantitative estimate of drug-likeness (QED) is 0.593. The number of hydrogen-bond donors (Lipinski definition) is 0. The van der Waals surface area contributed by atoms with Crippen molar-refractivity contribution in [3.63, 3.8) is 0 Å². The smallest absolute Gasteiger partial charge is 0.233 e. The minimum Gasteiger partial charge on any atom is -0.233 e. The summed E-state index contributed by atoms with van der Waals surface area (Å²) in [4.78, 5) is 0. The van der Waals surface area contributed by atoms with Crippen LogP contribution in [0.2, 0.25) is 0 Å². The van der Waals surface area contributed by atoms with Gasteiger partial charge in [0.15, 0.2) is 0 Å². The first kappa shape index (κ1) is 10.6. The maximum absolute atomic E-state index is 4.82. The summed E-state index contributed by atoms with van der Waals surface area (Å²) in [5.41, 5.74) is 0. The Hall–Kier alpha value is 0.560. The van der Waals surface area contributed by atoms with E-state index in [0.717, 1.165) is 6.16 Å². The van der Waals surface area contributed by atoms with Crippen LogP contribution in [0.25, 0.3) is 0 Å². The third kappa shape index (κ3) is 2.52. The monoisotopic (exact) mass is 224 g/mol. The molecule has 0 aliphatic carbocycles. The lowest BCUT2D eigenvalue weighted by atomic mass is 11.0. The minimum absolute atomic E-state index is 0.418. The minimum atomic E-state index is -1.30. The second-order valence-corrected chi connectivity index (χ2v) is 12.1. The van der Waals surface area contributed by atoms with Crippen molar-refractivity contribution in [2.24, 2.45) is 13.5 Å². The average molecular weight is 224 g/mol. The van der Waals surface area contributed by atoms with Gasteiger partial charge in [-0.25, -0.2) is 4.52 Å². The van der Waals surface area contributed by atoms with Gasteiger partial charge in [0.05, 0.1) is 0 Å². The lowest BCUT2D eigenvalue weighted by Crippen LogP contribution is -1.82. The maximum atomic E-state index is 4.82. The van der Waals surface area contributed by atoms with Gasteiger partial charge in [-0.3, -0.25) is 0 Å². The summed E-state index contributed by atoms with van der Waals surface area (Å²) in [7, 11) is -3.00. The van der Waals surface area contributed by atoms with Crippen LogP contribution in [0.3, 0.4) is 0 Å². The standard InChI is InChI=1S/C6H17N3P3/c1-6-12(5)8-10(2)7-11(3,4)9-12/h6H2,1-5H3/q+1. The van der Waals surface area contributed by atoms with Gasteiger partial charge < -0.3 is 0 Å². The molecule has 0 saturated carbocycles. The molecular weight excluding hydrogens is 207 g/mol. The van der Waals surface area contributed by atoms with Gasteiger partial charge in [-0.15, -0.1) is 0 Å². The third-order valence-electron chi connectivity index (χ3n) is 1.68. The Balaban J connectivity index is 3.28.